The summed E-state index contributed by atoms with van der Waals surface area (Å²) in [6, 6.07) is 12.7. The fourth-order valence-corrected chi connectivity index (χ4v) is 9.37. The molecule has 1 N–H and O–H groups in total. The normalized spacial score (nSPS) is 20.0. The minimum absolute atomic E-state index is 0.222. The summed E-state index contributed by atoms with van der Waals surface area (Å²) in [6.45, 7) is 18.6. The van der Waals surface area contributed by atoms with Crippen molar-refractivity contribution in [3.8, 4) is 22.4 Å². The zero-order valence-electron chi connectivity index (χ0n) is 34.3. The third kappa shape index (κ3) is 8.05. The Labute approximate surface area is 332 Å². The van der Waals surface area contributed by atoms with Crippen molar-refractivity contribution in [3.63, 3.8) is 0 Å². The Morgan fingerprint density at radius 3 is 2.32 bits per heavy atom. The zero-order valence-corrected chi connectivity index (χ0v) is 34.3. The molecule has 0 radical (unpaired) electrons. The molecule has 3 fully saturated rings. The molecule has 0 amide bonds. The smallest absolute Gasteiger partial charge is 0.337 e. The average molecular weight is 758 g/mol. The van der Waals surface area contributed by atoms with Gasteiger partial charge in [0.05, 0.1) is 22.7 Å². The molecular weight excluding hydrogens is 699 g/mol. The number of hydrogen-bond acceptors (Lipinski definition) is 9. The fraction of sp³-hybridized carbons (Fsp3) is 0.543. The summed E-state index contributed by atoms with van der Waals surface area (Å²) >= 11 is 0. The summed E-state index contributed by atoms with van der Waals surface area (Å²) in [6.07, 6.45) is 13.8. The third-order valence-corrected chi connectivity index (χ3v) is 13.0. The standard InChI is InChI=1S/C46H59N7O3/c1-31-38(41(42(54)55)56-44(2,3)4)40(52-25-16-45(5,6)17-26-52)39(37(49-31)30-51-23-18-46(19-24-51)14-8-15-46)33-10-11-35-29-53(22-13-32(35)27-33)43-48-21-12-36(50-43)34-9-7-20-47-28-34/h7,9-12,20-21,27-28,41H,8,13-19,22-26,29-30H2,1-6H3,(H,54,55). The van der Waals surface area contributed by atoms with Crippen molar-refractivity contribution in [2.24, 2.45) is 10.8 Å². The lowest BCUT2D eigenvalue weighted by molar-refractivity contribution is -0.160. The number of carbonyl (C=O) groups is 1. The molecule has 10 nitrogen and oxygen atoms in total. The lowest BCUT2D eigenvalue weighted by Crippen LogP contribution is -2.43. The number of benzene rings is 1. The number of aliphatic carboxylic acids is 1. The molecular formula is C46H59N7O3. The summed E-state index contributed by atoms with van der Waals surface area (Å²) in [5.41, 5.74) is 10.1. The van der Waals surface area contributed by atoms with Crippen molar-refractivity contribution in [1.82, 2.24) is 24.8 Å². The summed E-state index contributed by atoms with van der Waals surface area (Å²) in [4.78, 5) is 39.8. The van der Waals surface area contributed by atoms with Gasteiger partial charge in [-0.3, -0.25) is 14.9 Å². The topological polar surface area (TPSA) is 108 Å². The number of fused-ring (bicyclic) bond motifs is 1. The predicted molar refractivity (Wildman–Crippen MR) is 222 cm³/mol. The van der Waals surface area contributed by atoms with E-state index in [1.807, 2.05) is 58.3 Å². The number of aromatic nitrogens is 4. The maximum atomic E-state index is 13.3. The van der Waals surface area contributed by atoms with E-state index in [0.717, 1.165) is 104 Å². The molecule has 3 aromatic heterocycles. The highest BCUT2D eigenvalue weighted by molar-refractivity contribution is 5.88. The van der Waals surface area contributed by atoms with Crippen LogP contribution >= 0.6 is 0 Å². The maximum absolute atomic E-state index is 13.3. The number of carboxylic acid groups (broad SMARTS) is 1. The number of pyridine rings is 2. The van der Waals surface area contributed by atoms with E-state index in [9.17, 15) is 9.90 Å². The van der Waals surface area contributed by atoms with Crippen LogP contribution < -0.4 is 9.80 Å². The highest BCUT2D eigenvalue weighted by atomic mass is 16.5. The molecule has 1 unspecified atom stereocenters. The quantitative estimate of drug-likeness (QED) is 0.178. The van der Waals surface area contributed by atoms with Crippen molar-refractivity contribution in [1.29, 1.82) is 0 Å². The van der Waals surface area contributed by atoms with Crippen LogP contribution in [0.25, 0.3) is 22.4 Å². The van der Waals surface area contributed by atoms with E-state index >= 15 is 0 Å². The minimum atomic E-state index is -1.15. The molecule has 1 saturated carbocycles. The Morgan fingerprint density at radius 2 is 1.66 bits per heavy atom. The van der Waals surface area contributed by atoms with Gasteiger partial charge in [-0.1, -0.05) is 38.5 Å². The van der Waals surface area contributed by atoms with Crippen molar-refractivity contribution >= 4 is 17.6 Å². The Balaban J connectivity index is 1.21. The molecule has 1 aliphatic carbocycles. The monoisotopic (exact) mass is 757 g/mol. The number of rotatable bonds is 9. The molecule has 4 aliphatic rings. The molecule has 4 aromatic rings. The van der Waals surface area contributed by atoms with E-state index in [1.165, 1.54) is 43.2 Å². The first-order chi connectivity index (χ1) is 26.8. The number of aryl methyl sites for hydroxylation is 1. The van der Waals surface area contributed by atoms with Crippen LogP contribution in [-0.4, -0.2) is 74.2 Å². The summed E-state index contributed by atoms with van der Waals surface area (Å²) in [5, 5.41) is 10.9. The van der Waals surface area contributed by atoms with Gasteiger partial charge in [0.2, 0.25) is 5.95 Å². The highest BCUT2D eigenvalue weighted by Gasteiger charge is 2.41. The van der Waals surface area contributed by atoms with Crippen LogP contribution in [-0.2, 0) is 29.0 Å². The molecule has 8 rings (SSSR count). The summed E-state index contributed by atoms with van der Waals surface area (Å²) in [7, 11) is 0. The Kier molecular flexibility index (Phi) is 10.4. The molecule has 2 saturated heterocycles. The maximum Gasteiger partial charge on any atom is 0.337 e. The number of ether oxygens (including phenoxy) is 1. The molecule has 56 heavy (non-hydrogen) atoms. The number of piperidine rings is 2. The van der Waals surface area contributed by atoms with Gasteiger partial charge in [0, 0.05) is 73.7 Å². The number of hydrogen-bond donors (Lipinski definition) is 1. The third-order valence-electron chi connectivity index (χ3n) is 13.0. The van der Waals surface area contributed by atoms with Crippen LogP contribution in [0, 0.1) is 17.8 Å². The first-order valence-corrected chi connectivity index (χ1v) is 20.8. The van der Waals surface area contributed by atoms with Gasteiger partial charge in [0.25, 0.3) is 0 Å². The largest absolute Gasteiger partial charge is 0.479 e. The fourth-order valence-electron chi connectivity index (χ4n) is 9.37. The molecule has 10 heteroatoms. The number of carboxylic acids is 1. The zero-order chi connectivity index (χ0) is 39.2. The van der Waals surface area contributed by atoms with Gasteiger partial charge < -0.3 is 19.6 Å². The van der Waals surface area contributed by atoms with Gasteiger partial charge in [0.1, 0.15) is 0 Å². The lowest BCUT2D eigenvalue weighted by atomic mass is 9.63. The highest BCUT2D eigenvalue weighted by Crippen LogP contribution is 2.50. The Bertz CT molecular complexity index is 2050. The van der Waals surface area contributed by atoms with Crippen molar-refractivity contribution in [2.75, 3.05) is 42.5 Å². The molecule has 1 spiro atoms. The SMILES string of the molecule is Cc1nc(CN2CCC3(CCC3)CC2)c(-c2ccc3c(c2)CCN(c2nccc(-c4cccnc4)n2)C3)c(N2CCC(C)(C)CC2)c1C(OC(C)(C)C)C(=O)O. The van der Waals surface area contributed by atoms with Crippen molar-refractivity contribution < 1.29 is 14.6 Å². The second-order valence-electron chi connectivity index (χ2n) is 18.6. The van der Waals surface area contributed by atoms with E-state index in [4.69, 9.17) is 14.7 Å². The number of likely N-dealkylation sites (tertiary alicyclic amines) is 1. The van der Waals surface area contributed by atoms with Gasteiger partial charge in [-0.15, -0.1) is 0 Å². The molecule has 1 atom stereocenters. The minimum Gasteiger partial charge on any atom is -0.479 e. The van der Waals surface area contributed by atoms with Crippen molar-refractivity contribution in [2.45, 2.75) is 118 Å². The average Bonchev–Trinajstić information content (AvgIpc) is 3.16. The Morgan fingerprint density at radius 1 is 0.893 bits per heavy atom. The lowest BCUT2D eigenvalue weighted by Gasteiger charge is -2.48. The Hall–Kier alpha value is -4.41. The van der Waals surface area contributed by atoms with Gasteiger partial charge >= 0.3 is 5.97 Å². The van der Waals surface area contributed by atoms with Crippen LogP contribution in [0.1, 0.15) is 114 Å². The van der Waals surface area contributed by atoms with E-state index in [1.54, 1.807) is 6.20 Å². The molecule has 3 aliphatic heterocycles. The van der Waals surface area contributed by atoms with Gasteiger partial charge in [0.15, 0.2) is 6.10 Å². The van der Waals surface area contributed by atoms with Crippen LogP contribution in [0.15, 0.2) is 55.0 Å². The van der Waals surface area contributed by atoms with E-state index in [2.05, 4.69) is 56.7 Å². The van der Waals surface area contributed by atoms with Gasteiger partial charge in [-0.05, 0) is 131 Å². The predicted octanol–water partition coefficient (Wildman–Crippen LogP) is 8.81. The van der Waals surface area contributed by atoms with Crippen molar-refractivity contribution in [3.05, 3.63) is 83.1 Å². The van der Waals surface area contributed by atoms with Crippen LogP contribution in [0.3, 0.4) is 0 Å². The van der Waals surface area contributed by atoms with E-state index < -0.39 is 17.7 Å². The second kappa shape index (κ2) is 15.2. The van der Waals surface area contributed by atoms with E-state index in [-0.39, 0.29) is 5.41 Å². The molecule has 296 valence electrons. The van der Waals surface area contributed by atoms with Crippen LogP contribution in [0.5, 0.6) is 0 Å². The van der Waals surface area contributed by atoms with Crippen LogP contribution in [0.2, 0.25) is 0 Å². The second-order valence-corrected chi connectivity index (χ2v) is 18.6. The first-order valence-electron chi connectivity index (χ1n) is 20.8. The number of anilines is 2. The molecule has 0 bridgehead atoms. The molecule has 6 heterocycles. The van der Waals surface area contributed by atoms with Gasteiger partial charge in [-0.25, -0.2) is 14.8 Å². The summed E-state index contributed by atoms with van der Waals surface area (Å²) in [5.74, 6) is -0.265. The van der Waals surface area contributed by atoms with E-state index in [0.29, 0.717) is 17.5 Å². The first kappa shape index (κ1) is 38.5. The molecule has 1 aromatic carbocycles. The van der Waals surface area contributed by atoms with Crippen LogP contribution in [0.4, 0.5) is 11.6 Å². The number of nitrogens with zero attached hydrogens (tertiary/aromatic N) is 7. The van der Waals surface area contributed by atoms with Gasteiger partial charge in [-0.2, -0.15) is 0 Å². The summed E-state index contributed by atoms with van der Waals surface area (Å²) < 4.78 is 6.44.